The molecule has 0 radical (unpaired) electrons. The SMILES string of the molecule is Cc1ccc(S(=O)(=O)N2CCC(CCC(=O)N3CCN(C(C)C)CC3)CC2)cc1. The van der Waals surface area contributed by atoms with E-state index in [1.54, 1.807) is 16.4 Å². The third-order valence-electron chi connectivity index (χ3n) is 6.40. The molecule has 6 nitrogen and oxygen atoms in total. The van der Waals surface area contributed by atoms with Gasteiger partial charge >= 0.3 is 0 Å². The molecule has 0 aliphatic carbocycles. The average molecular weight is 422 g/mol. The van der Waals surface area contributed by atoms with Crippen molar-refractivity contribution >= 4 is 15.9 Å². The molecule has 162 valence electrons. The quantitative estimate of drug-likeness (QED) is 0.709. The van der Waals surface area contributed by atoms with Crippen LogP contribution in [0.1, 0.15) is 45.1 Å². The van der Waals surface area contributed by atoms with Gasteiger partial charge in [-0.15, -0.1) is 0 Å². The number of benzene rings is 1. The Bertz CT molecular complexity index is 776. The average Bonchev–Trinajstić information content (AvgIpc) is 2.72. The Morgan fingerprint density at radius 3 is 2.14 bits per heavy atom. The van der Waals surface area contributed by atoms with Crippen LogP contribution < -0.4 is 0 Å². The Kier molecular flexibility index (Phi) is 7.35. The van der Waals surface area contributed by atoms with Crippen LogP contribution in [0.25, 0.3) is 0 Å². The molecule has 0 atom stereocenters. The van der Waals surface area contributed by atoms with Crippen LogP contribution in [0.3, 0.4) is 0 Å². The Balaban J connectivity index is 1.43. The molecule has 0 aromatic heterocycles. The smallest absolute Gasteiger partial charge is 0.243 e. The molecule has 1 aromatic rings. The van der Waals surface area contributed by atoms with E-state index >= 15 is 0 Å². The van der Waals surface area contributed by atoms with Crippen LogP contribution >= 0.6 is 0 Å². The number of hydrogen-bond acceptors (Lipinski definition) is 4. The summed E-state index contributed by atoms with van der Waals surface area (Å²) in [6, 6.07) is 7.59. The van der Waals surface area contributed by atoms with Gasteiger partial charge in [-0.3, -0.25) is 9.69 Å². The van der Waals surface area contributed by atoms with Crippen molar-refractivity contribution in [1.29, 1.82) is 0 Å². The number of carbonyl (C=O) groups excluding carboxylic acids is 1. The summed E-state index contributed by atoms with van der Waals surface area (Å²) in [6.45, 7) is 11.0. The lowest BCUT2D eigenvalue weighted by atomic mass is 9.93. The Hall–Kier alpha value is -1.44. The number of rotatable bonds is 6. The molecule has 2 aliphatic rings. The van der Waals surface area contributed by atoms with Crippen LogP contribution in [0.15, 0.2) is 29.2 Å². The Morgan fingerprint density at radius 2 is 1.59 bits per heavy atom. The first kappa shape index (κ1) is 22.2. The maximum atomic E-state index is 12.8. The van der Waals surface area contributed by atoms with Crippen molar-refractivity contribution in [2.75, 3.05) is 39.3 Å². The van der Waals surface area contributed by atoms with E-state index in [1.807, 2.05) is 24.0 Å². The zero-order valence-corrected chi connectivity index (χ0v) is 18.8. The summed E-state index contributed by atoms with van der Waals surface area (Å²) in [4.78, 5) is 17.3. The molecule has 0 bridgehead atoms. The third-order valence-corrected chi connectivity index (χ3v) is 8.31. The third kappa shape index (κ3) is 5.58. The highest BCUT2D eigenvalue weighted by Gasteiger charge is 2.30. The predicted octanol–water partition coefficient (Wildman–Crippen LogP) is 2.73. The van der Waals surface area contributed by atoms with Gasteiger partial charge in [0.2, 0.25) is 15.9 Å². The molecule has 3 rings (SSSR count). The van der Waals surface area contributed by atoms with Gasteiger partial charge in [0.05, 0.1) is 4.90 Å². The lowest BCUT2D eigenvalue weighted by molar-refractivity contribution is -0.133. The van der Waals surface area contributed by atoms with E-state index in [0.717, 1.165) is 51.0 Å². The van der Waals surface area contributed by atoms with Crippen LogP contribution in [0.4, 0.5) is 0 Å². The van der Waals surface area contributed by atoms with Gasteiger partial charge in [0.25, 0.3) is 0 Å². The first-order valence-corrected chi connectivity index (χ1v) is 12.3. The minimum Gasteiger partial charge on any atom is -0.340 e. The zero-order chi connectivity index (χ0) is 21.0. The van der Waals surface area contributed by atoms with E-state index in [9.17, 15) is 13.2 Å². The number of amides is 1. The Labute approximate surface area is 175 Å². The number of nitrogens with zero attached hydrogens (tertiary/aromatic N) is 3. The molecule has 2 saturated heterocycles. The van der Waals surface area contributed by atoms with E-state index in [1.165, 1.54) is 0 Å². The first-order chi connectivity index (χ1) is 13.8. The largest absolute Gasteiger partial charge is 0.340 e. The standard InChI is InChI=1S/C22H35N3O3S/c1-18(2)23-14-16-24(17-15-23)22(26)9-6-20-10-12-25(13-11-20)29(27,28)21-7-4-19(3)5-8-21/h4-5,7-8,18,20H,6,9-17H2,1-3H3. The van der Waals surface area contributed by atoms with Crippen molar-refractivity contribution in [2.45, 2.75) is 57.4 Å². The fourth-order valence-electron chi connectivity index (χ4n) is 4.27. The monoisotopic (exact) mass is 421 g/mol. The molecule has 0 unspecified atom stereocenters. The van der Waals surface area contributed by atoms with Crippen molar-refractivity contribution in [3.63, 3.8) is 0 Å². The van der Waals surface area contributed by atoms with E-state index in [0.29, 0.717) is 36.4 Å². The molecule has 2 aliphatic heterocycles. The summed E-state index contributed by atoms with van der Waals surface area (Å²) in [5.74, 6) is 0.684. The van der Waals surface area contributed by atoms with Gasteiger partial charge in [-0.05, 0) is 58.1 Å². The van der Waals surface area contributed by atoms with Crippen molar-refractivity contribution in [3.8, 4) is 0 Å². The van der Waals surface area contributed by atoms with Crippen LogP contribution in [0, 0.1) is 12.8 Å². The molecular formula is C22H35N3O3S. The lowest BCUT2D eigenvalue weighted by Crippen LogP contribution is -2.50. The van der Waals surface area contributed by atoms with Crippen LogP contribution in [0.2, 0.25) is 0 Å². The number of carbonyl (C=O) groups is 1. The Morgan fingerprint density at radius 1 is 1.00 bits per heavy atom. The number of piperidine rings is 1. The minimum atomic E-state index is -3.41. The van der Waals surface area contributed by atoms with Gasteiger partial charge in [0, 0.05) is 51.7 Å². The van der Waals surface area contributed by atoms with E-state index in [-0.39, 0.29) is 5.91 Å². The van der Waals surface area contributed by atoms with Gasteiger partial charge < -0.3 is 4.90 Å². The highest BCUT2D eigenvalue weighted by molar-refractivity contribution is 7.89. The first-order valence-electron chi connectivity index (χ1n) is 10.9. The fraction of sp³-hybridized carbons (Fsp3) is 0.682. The van der Waals surface area contributed by atoms with Gasteiger partial charge in [0.15, 0.2) is 0 Å². The van der Waals surface area contributed by atoms with Crippen LogP contribution in [-0.4, -0.2) is 73.7 Å². The van der Waals surface area contributed by atoms with E-state index in [2.05, 4.69) is 18.7 Å². The van der Waals surface area contributed by atoms with Crippen molar-refractivity contribution in [1.82, 2.24) is 14.1 Å². The lowest BCUT2D eigenvalue weighted by Gasteiger charge is -2.37. The van der Waals surface area contributed by atoms with E-state index < -0.39 is 10.0 Å². The van der Waals surface area contributed by atoms with Crippen molar-refractivity contribution in [3.05, 3.63) is 29.8 Å². The zero-order valence-electron chi connectivity index (χ0n) is 18.0. The number of piperazine rings is 1. The minimum absolute atomic E-state index is 0.253. The molecule has 0 saturated carbocycles. The molecule has 7 heteroatoms. The summed E-state index contributed by atoms with van der Waals surface area (Å²) >= 11 is 0. The second-order valence-corrected chi connectivity index (χ2v) is 10.6. The van der Waals surface area contributed by atoms with Gasteiger partial charge in [-0.2, -0.15) is 4.31 Å². The number of aryl methyl sites for hydroxylation is 1. The number of hydrogen-bond donors (Lipinski definition) is 0. The highest BCUT2D eigenvalue weighted by atomic mass is 32.2. The second-order valence-electron chi connectivity index (χ2n) is 8.71. The molecule has 2 heterocycles. The van der Waals surface area contributed by atoms with Crippen molar-refractivity contribution in [2.24, 2.45) is 5.92 Å². The topological polar surface area (TPSA) is 60.9 Å². The van der Waals surface area contributed by atoms with Crippen molar-refractivity contribution < 1.29 is 13.2 Å². The fourth-order valence-corrected chi connectivity index (χ4v) is 5.74. The molecular weight excluding hydrogens is 386 g/mol. The molecule has 0 spiro atoms. The summed E-state index contributed by atoms with van der Waals surface area (Å²) in [5.41, 5.74) is 1.05. The maximum Gasteiger partial charge on any atom is 0.243 e. The van der Waals surface area contributed by atoms with Crippen LogP contribution in [0.5, 0.6) is 0 Å². The second kappa shape index (κ2) is 9.58. The molecule has 0 N–H and O–H groups in total. The molecule has 1 aromatic carbocycles. The van der Waals surface area contributed by atoms with Crippen LogP contribution in [-0.2, 0) is 14.8 Å². The van der Waals surface area contributed by atoms with Gasteiger partial charge in [-0.25, -0.2) is 8.42 Å². The summed E-state index contributed by atoms with van der Waals surface area (Å²) in [7, 11) is -3.41. The molecule has 29 heavy (non-hydrogen) atoms. The maximum absolute atomic E-state index is 12.8. The summed E-state index contributed by atoms with van der Waals surface area (Å²) in [6.07, 6.45) is 3.11. The summed E-state index contributed by atoms with van der Waals surface area (Å²) < 4.78 is 27.2. The molecule has 1 amide bonds. The highest BCUT2D eigenvalue weighted by Crippen LogP contribution is 2.27. The number of sulfonamides is 1. The normalized spacial score (nSPS) is 20.3. The summed E-state index contributed by atoms with van der Waals surface area (Å²) in [5, 5.41) is 0. The predicted molar refractivity (Wildman–Crippen MR) is 115 cm³/mol. The van der Waals surface area contributed by atoms with E-state index in [4.69, 9.17) is 0 Å². The molecule has 2 fully saturated rings. The van der Waals surface area contributed by atoms with Gasteiger partial charge in [0.1, 0.15) is 0 Å². The van der Waals surface area contributed by atoms with Gasteiger partial charge in [-0.1, -0.05) is 17.7 Å².